The Morgan fingerprint density at radius 1 is 1.14 bits per heavy atom. The minimum atomic E-state index is 0.109. The van der Waals surface area contributed by atoms with Crippen LogP contribution in [0.3, 0.4) is 0 Å². The maximum absolute atomic E-state index is 13.1. The number of para-hydroxylation sites is 1. The Balaban J connectivity index is 1.48. The summed E-state index contributed by atoms with van der Waals surface area (Å²) in [6, 6.07) is 16.9. The molecule has 0 fully saturated rings. The molecule has 0 bridgehead atoms. The van der Waals surface area contributed by atoms with Crippen LogP contribution in [0, 0.1) is 13.8 Å². The number of anilines is 1. The van der Waals surface area contributed by atoms with Crippen LogP contribution in [-0.2, 0) is 11.2 Å². The largest absolute Gasteiger partial charge is 0.308 e. The summed E-state index contributed by atoms with van der Waals surface area (Å²) >= 11 is 1.46. The number of rotatable bonds is 3. The third-order valence-electron chi connectivity index (χ3n) is 5.59. The van der Waals surface area contributed by atoms with Crippen LogP contribution in [0.25, 0.3) is 16.6 Å². The van der Waals surface area contributed by atoms with Crippen molar-refractivity contribution in [2.75, 3.05) is 10.7 Å². The van der Waals surface area contributed by atoms with E-state index >= 15 is 0 Å². The summed E-state index contributed by atoms with van der Waals surface area (Å²) in [5.74, 6) is 0.443. The van der Waals surface area contributed by atoms with Gasteiger partial charge in [-0.1, -0.05) is 42.1 Å². The zero-order chi connectivity index (χ0) is 20.1. The molecule has 1 atom stereocenters. The predicted octanol–water partition coefficient (Wildman–Crippen LogP) is 4.57. The summed E-state index contributed by atoms with van der Waals surface area (Å²) in [4.78, 5) is 15.0. The third-order valence-corrected chi connectivity index (χ3v) is 6.50. The van der Waals surface area contributed by atoms with Gasteiger partial charge in [-0.2, -0.15) is 0 Å². The van der Waals surface area contributed by atoms with Crippen molar-refractivity contribution in [3.63, 3.8) is 0 Å². The zero-order valence-corrected chi connectivity index (χ0v) is 17.5. The normalized spacial score (nSPS) is 16.0. The Labute approximate surface area is 173 Å². The van der Waals surface area contributed by atoms with E-state index in [0.29, 0.717) is 5.75 Å². The smallest absolute Gasteiger partial charge is 0.237 e. The first-order chi connectivity index (χ1) is 14.0. The molecule has 0 saturated carbocycles. The summed E-state index contributed by atoms with van der Waals surface area (Å²) in [6.07, 6.45) is 0.906. The number of pyridine rings is 1. The molecule has 5 rings (SSSR count). The SMILES string of the molecule is Cc1ccc2cc(C)c3nnc(SCC(=O)N4c5ccccc5C[C@H]4C)n3c2c1. The summed E-state index contributed by atoms with van der Waals surface area (Å²) in [6.45, 7) is 6.23. The highest BCUT2D eigenvalue weighted by Crippen LogP contribution is 2.33. The van der Waals surface area contributed by atoms with Gasteiger partial charge in [-0.25, -0.2) is 0 Å². The van der Waals surface area contributed by atoms with Crippen LogP contribution in [0.4, 0.5) is 5.69 Å². The van der Waals surface area contributed by atoms with Crippen molar-refractivity contribution in [3.8, 4) is 0 Å². The minimum Gasteiger partial charge on any atom is -0.308 e. The first-order valence-corrected chi connectivity index (χ1v) is 10.8. The average molecular weight is 403 g/mol. The number of fused-ring (bicyclic) bond motifs is 4. The zero-order valence-electron chi connectivity index (χ0n) is 16.7. The number of amides is 1. The first kappa shape index (κ1) is 18.2. The number of aryl methyl sites for hydroxylation is 2. The number of carbonyl (C=O) groups excluding carboxylic acids is 1. The van der Waals surface area contributed by atoms with Gasteiger partial charge in [0.15, 0.2) is 10.8 Å². The number of nitrogens with zero attached hydrogens (tertiary/aromatic N) is 4. The van der Waals surface area contributed by atoms with E-state index in [1.165, 1.54) is 22.9 Å². The second-order valence-electron chi connectivity index (χ2n) is 7.77. The number of hydrogen-bond acceptors (Lipinski definition) is 4. The molecular weight excluding hydrogens is 380 g/mol. The van der Waals surface area contributed by atoms with E-state index < -0.39 is 0 Å². The van der Waals surface area contributed by atoms with Gasteiger partial charge in [0, 0.05) is 11.7 Å². The van der Waals surface area contributed by atoms with Crippen LogP contribution in [0.2, 0.25) is 0 Å². The van der Waals surface area contributed by atoms with E-state index in [-0.39, 0.29) is 11.9 Å². The Bertz CT molecular complexity index is 1260. The van der Waals surface area contributed by atoms with Crippen LogP contribution in [0.15, 0.2) is 53.7 Å². The third kappa shape index (κ3) is 2.99. The molecule has 0 radical (unpaired) electrons. The fraction of sp³-hybridized carbons (Fsp3) is 0.261. The maximum Gasteiger partial charge on any atom is 0.237 e. The van der Waals surface area contributed by atoms with E-state index in [0.717, 1.165) is 39.4 Å². The van der Waals surface area contributed by atoms with Gasteiger partial charge < -0.3 is 4.90 Å². The van der Waals surface area contributed by atoms with E-state index in [2.05, 4.69) is 58.8 Å². The molecule has 3 heterocycles. The number of aromatic nitrogens is 3. The Morgan fingerprint density at radius 3 is 2.83 bits per heavy atom. The molecule has 1 amide bonds. The second-order valence-corrected chi connectivity index (χ2v) is 8.71. The molecule has 0 saturated heterocycles. The van der Waals surface area contributed by atoms with Crippen molar-refractivity contribution in [2.45, 2.75) is 38.4 Å². The molecular formula is C23H22N4OS. The van der Waals surface area contributed by atoms with Crippen LogP contribution in [0.5, 0.6) is 0 Å². The Kier molecular flexibility index (Phi) is 4.32. The van der Waals surface area contributed by atoms with Crippen molar-refractivity contribution in [1.82, 2.24) is 14.6 Å². The fourth-order valence-corrected chi connectivity index (χ4v) is 5.05. The second kappa shape index (κ2) is 6.88. The number of carbonyl (C=O) groups is 1. The summed E-state index contributed by atoms with van der Waals surface area (Å²) in [7, 11) is 0. The van der Waals surface area contributed by atoms with Gasteiger partial charge in [0.1, 0.15) is 0 Å². The van der Waals surface area contributed by atoms with E-state index in [9.17, 15) is 4.79 Å². The lowest BCUT2D eigenvalue weighted by molar-refractivity contribution is -0.116. The molecule has 4 aromatic rings. The minimum absolute atomic E-state index is 0.109. The van der Waals surface area contributed by atoms with Gasteiger partial charge in [-0.05, 0) is 67.5 Å². The molecule has 29 heavy (non-hydrogen) atoms. The number of thioether (sulfide) groups is 1. The highest BCUT2D eigenvalue weighted by atomic mass is 32.2. The predicted molar refractivity (Wildman–Crippen MR) is 118 cm³/mol. The molecule has 0 aliphatic carbocycles. The van der Waals surface area contributed by atoms with Crippen LogP contribution < -0.4 is 4.90 Å². The fourth-order valence-electron chi connectivity index (χ4n) is 4.24. The molecule has 5 nitrogen and oxygen atoms in total. The van der Waals surface area contributed by atoms with Gasteiger partial charge in [-0.3, -0.25) is 9.20 Å². The highest BCUT2D eigenvalue weighted by Gasteiger charge is 2.30. The molecule has 0 N–H and O–H groups in total. The average Bonchev–Trinajstić information content (AvgIpc) is 3.28. The molecule has 6 heteroatoms. The molecule has 2 aromatic carbocycles. The summed E-state index contributed by atoms with van der Waals surface area (Å²) in [5.41, 5.74) is 6.46. The van der Waals surface area contributed by atoms with Crippen molar-refractivity contribution in [1.29, 1.82) is 0 Å². The lowest BCUT2D eigenvalue weighted by Crippen LogP contribution is -2.37. The number of benzene rings is 2. The first-order valence-electron chi connectivity index (χ1n) is 9.81. The quantitative estimate of drug-likeness (QED) is 0.471. The van der Waals surface area contributed by atoms with Gasteiger partial charge in [0.25, 0.3) is 0 Å². The molecule has 0 unspecified atom stereocenters. The lowest BCUT2D eigenvalue weighted by atomic mass is 10.1. The van der Waals surface area contributed by atoms with E-state index in [1.54, 1.807) is 0 Å². The summed E-state index contributed by atoms with van der Waals surface area (Å²) in [5, 5.41) is 10.7. The molecule has 146 valence electrons. The summed E-state index contributed by atoms with van der Waals surface area (Å²) < 4.78 is 2.08. The monoisotopic (exact) mass is 402 g/mol. The molecule has 1 aliphatic heterocycles. The van der Waals surface area contributed by atoms with E-state index in [4.69, 9.17) is 0 Å². The lowest BCUT2D eigenvalue weighted by Gasteiger charge is -2.22. The molecule has 2 aromatic heterocycles. The number of hydrogen-bond donors (Lipinski definition) is 0. The van der Waals surface area contributed by atoms with Gasteiger partial charge in [-0.15, -0.1) is 10.2 Å². The highest BCUT2D eigenvalue weighted by molar-refractivity contribution is 7.99. The van der Waals surface area contributed by atoms with Crippen LogP contribution >= 0.6 is 11.8 Å². The van der Waals surface area contributed by atoms with E-state index in [1.807, 2.05) is 30.0 Å². The maximum atomic E-state index is 13.1. The van der Waals surface area contributed by atoms with Crippen molar-refractivity contribution >= 4 is 39.9 Å². The van der Waals surface area contributed by atoms with Gasteiger partial charge >= 0.3 is 0 Å². The van der Waals surface area contributed by atoms with Gasteiger partial charge in [0.05, 0.1) is 11.3 Å². The molecule has 0 spiro atoms. The van der Waals surface area contributed by atoms with Gasteiger partial charge in [0.2, 0.25) is 5.91 Å². The van der Waals surface area contributed by atoms with Crippen molar-refractivity contribution in [2.24, 2.45) is 0 Å². The van der Waals surface area contributed by atoms with Crippen LogP contribution in [-0.4, -0.2) is 32.3 Å². The standard InChI is InChI=1S/C23H22N4OS/c1-14-8-9-18-11-15(2)22-24-25-23(27(22)20(18)10-14)29-13-21(28)26-16(3)12-17-6-4-5-7-19(17)26/h4-11,16H,12-13H2,1-3H3/t16-/m1/s1. The van der Waals surface area contributed by atoms with Crippen LogP contribution in [0.1, 0.15) is 23.6 Å². The Morgan fingerprint density at radius 2 is 1.97 bits per heavy atom. The molecule has 1 aliphatic rings. The van der Waals surface area contributed by atoms with Crippen molar-refractivity contribution < 1.29 is 4.79 Å². The Hall–Kier alpha value is -2.86. The van der Waals surface area contributed by atoms with Crippen molar-refractivity contribution in [3.05, 3.63) is 65.2 Å². The topological polar surface area (TPSA) is 50.5 Å².